The molecule has 1 aliphatic rings. The Morgan fingerprint density at radius 2 is 2.20 bits per heavy atom. The minimum Gasteiger partial charge on any atom is -0.474 e. The van der Waals surface area contributed by atoms with Gasteiger partial charge in [-0.25, -0.2) is 9.97 Å². The number of nitrogens with zero attached hydrogens (tertiary/aromatic N) is 2. The van der Waals surface area contributed by atoms with Gasteiger partial charge in [0.2, 0.25) is 5.88 Å². The van der Waals surface area contributed by atoms with Crippen LogP contribution in [0, 0.1) is 5.92 Å². The Kier molecular flexibility index (Phi) is 3.72. The molecule has 4 nitrogen and oxygen atoms in total. The van der Waals surface area contributed by atoms with Crippen molar-refractivity contribution in [2.45, 2.75) is 45.1 Å². The van der Waals surface area contributed by atoms with Gasteiger partial charge in [-0.15, -0.1) is 0 Å². The zero-order valence-electron chi connectivity index (χ0n) is 11.9. The van der Waals surface area contributed by atoms with E-state index < -0.39 is 0 Å². The highest BCUT2D eigenvalue weighted by atomic mass is 16.5. The Morgan fingerprint density at radius 1 is 1.30 bits per heavy atom. The summed E-state index contributed by atoms with van der Waals surface area (Å²) in [5, 5.41) is 0.908. The van der Waals surface area contributed by atoms with Crippen molar-refractivity contribution in [3.63, 3.8) is 0 Å². The summed E-state index contributed by atoms with van der Waals surface area (Å²) in [4.78, 5) is 8.56. The second-order valence-electron chi connectivity index (χ2n) is 5.64. The average Bonchev–Trinajstić information content (AvgIpc) is 2.48. The maximum atomic E-state index is 6.15. The molecule has 0 radical (unpaired) electrons. The second kappa shape index (κ2) is 5.65. The molecule has 1 heterocycles. The number of hydrogen-bond donors (Lipinski definition) is 1. The molecular formula is C16H21N3O. The molecule has 0 amide bonds. The highest BCUT2D eigenvalue weighted by Gasteiger charge is 2.23. The standard InChI is InChI=1S/C16H21N3O/c1-2-11-4-3-5-13(8-11)20-16-14-9-12(17)6-7-15(14)18-10-19-16/h6-7,9-11,13H,2-5,8,17H2,1H3. The molecule has 0 bridgehead atoms. The van der Waals surface area contributed by atoms with Crippen LogP contribution in [-0.2, 0) is 0 Å². The number of ether oxygens (including phenoxy) is 1. The molecule has 0 aliphatic heterocycles. The average molecular weight is 271 g/mol. The van der Waals surface area contributed by atoms with E-state index in [0.29, 0.717) is 11.6 Å². The van der Waals surface area contributed by atoms with Crippen LogP contribution >= 0.6 is 0 Å². The normalized spacial score (nSPS) is 22.9. The van der Waals surface area contributed by atoms with E-state index in [1.807, 2.05) is 18.2 Å². The van der Waals surface area contributed by atoms with Gasteiger partial charge in [0.1, 0.15) is 12.4 Å². The molecule has 2 aromatic rings. The van der Waals surface area contributed by atoms with Crippen molar-refractivity contribution in [3.05, 3.63) is 24.5 Å². The fourth-order valence-electron chi connectivity index (χ4n) is 3.02. The molecule has 1 aromatic heterocycles. The number of nitrogen functional groups attached to an aromatic ring is 1. The molecule has 0 saturated heterocycles. The van der Waals surface area contributed by atoms with Crippen LogP contribution in [0.15, 0.2) is 24.5 Å². The number of aromatic nitrogens is 2. The van der Waals surface area contributed by atoms with E-state index in [1.165, 1.54) is 19.3 Å². The van der Waals surface area contributed by atoms with E-state index in [4.69, 9.17) is 10.5 Å². The molecule has 2 unspecified atom stereocenters. The summed E-state index contributed by atoms with van der Waals surface area (Å²) in [7, 11) is 0. The number of anilines is 1. The van der Waals surface area contributed by atoms with Crippen LogP contribution < -0.4 is 10.5 Å². The second-order valence-corrected chi connectivity index (χ2v) is 5.64. The minimum atomic E-state index is 0.272. The van der Waals surface area contributed by atoms with Gasteiger partial charge in [0.25, 0.3) is 0 Å². The Morgan fingerprint density at radius 3 is 3.05 bits per heavy atom. The lowest BCUT2D eigenvalue weighted by Crippen LogP contribution is -2.25. The maximum Gasteiger partial charge on any atom is 0.224 e. The zero-order chi connectivity index (χ0) is 13.9. The first-order valence-corrected chi connectivity index (χ1v) is 7.43. The predicted octanol–water partition coefficient (Wildman–Crippen LogP) is 3.56. The lowest BCUT2D eigenvalue weighted by Gasteiger charge is -2.28. The summed E-state index contributed by atoms with van der Waals surface area (Å²) in [5.41, 5.74) is 7.45. The fraction of sp³-hybridized carbons (Fsp3) is 0.500. The molecule has 1 aliphatic carbocycles. The van der Waals surface area contributed by atoms with Gasteiger partial charge in [-0.1, -0.05) is 19.8 Å². The van der Waals surface area contributed by atoms with Crippen LogP contribution in [0.3, 0.4) is 0 Å². The highest BCUT2D eigenvalue weighted by Crippen LogP contribution is 2.31. The van der Waals surface area contributed by atoms with Gasteiger partial charge in [0, 0.05) is 5.69 Å². The molecule has 0 spiro atoms. The van der Waals surface area contributed by atoms with Gasteiger partial charge < -0.3 is 10.5 Å². The molecule has 20 heavy (non-hydrogen) atoms. The van der Waals surface area contributed by atoms with Gasteiger partial charge in [-0.3, -0.25) is 0 Å². The van der Waals surface area contributed by atoms with Crippen molar-refractivity contribution < 1.29 is 4.74 Å². The van der Waals surface area contributed by atoms with Gasteiger partial charge in [-0.2, -0.15) is 0 Å². The Bertz CT molecular complexity index is 599. The summed E-state index contributed by atoms with van der Waals surface area (Å²) < 4.78 is 6.15. The van der Waals surface area contributed by atoms with Crippen LogP contribution in [0.5, 0.6) is 5.88 Å². The van der Waals surface area contributed by atoms with Crippen molar-refractivity contribution in [1.82, 2.24) is 9.97 Å². The van der Waals surface area contributed by atoms with Gasteiger partial charge in [0.15, 0.2) is 0 Å². The van der Waals surface area contributed by atoms with Crippen molar-refractivity contribution in [2.24, 2.45) is 5.92 Å². The molecule has 3 rings (SSSR count). The van der Waals surface area contributed by atoms with Crippen LogP contribution in [-0.4, -0.2) is 16.1 Å². The molecule has 1 aromatic carbocycles. The Labute approximate surface area is 119 Å². The summed E-state index contributed by atoms with van der Waals surface area (Å²) in [6.45, 7) is 2.26. The number of rotatable bonds is 3. The molecule has 2 atom stereocenters. The molecule has 106 valence electrons. The summed E-state index contributed by atoms with van der Waals surface area (Å²) in [5.74, 6) is 1.45. The summed E-state index contributed by atoms with van der Waals surface area (Å²) in [6, 6.07) is 5.66. The van der Waals surface area contributed by atoms with E-state index in [-0.39, 0.29) is 6.10 Å². The summed E-state index contributed by atoms with van der Waals surface area (Å²) >= 11 is 0. The van der Waals surface area contributed by atoms with Crippen LogP contribution in [0.1, 0.15) is 39.0 Å². The Balaban J connectivity index is 1.85. The molecular weight excluding hydrogens is 250 g/mol. The van der Waals surface area contributed by atoms with Crippen molar-refractivity contribution in [2.75, 3.05) is 5.73 Å². The van der Waals surface area contributed by atoms with E-state index in [1.54, 1.807) is 6.33 Å². The number of hydrogen-bond acceptors (Lipinski definition) is 4. The van der Waals surface area contributed by atoms with E-state index in [9.17, 15) is 0 Å². The lowest BCUT2D eigenvalue weighted by molar-refractivity contribution is 0.119. The molecule has 1 fully saturated rings. The first-order chi connectivity index (χ1) is 9.76. The van der Waals surface area contributed by atoms with Crippen LogP contribution in [0.25, 0.3) is 10.9 Å². The monoisotopic (exact) mass is 271 g/mol. The maximum absolute atomic E-state index is 6.15. The molecule has 4 heteroatoms. The third-order valence-corrected chi connectivity index (χ3v) is 4.21. The highest BCUT2D eigenvalue weighted by molar-refractivity contribution is 5.86. The molecule has 1 saturated carbocycles. The van der Waals surface area contributed by atoms with E-state index in [0.717, 1.165) is 29.7 Å². The number of benzene rings is 1. The quantitative estimate of drug-likeness (QED) is 0.867. The van der Waals surface area contributed by atoms with Crippen molar-refractivity contribution >= 4 is 16.6 Å². The molecule has 2 N–H and O–H groups in total. The van der Waals surface area contributed by atoms with Crippen molar-refractivity contribution in [3.8, 4) is 5.88 Å². The zero-order valence-corrected chi connectivity index (χ0v) is 11.9. The van der Waals surface area contributed by atoms with E-state index in [2.05, 4.69) is 16.9 Å². The third-order valence-electron chi connectivity index (χ3n) is 4.21. The van der Waals surface area contributed by atoms with Crippen LogP contribution in [0.4, 0.5) is 5.69 Å². The summed E-state index contributed by atoms with van der Waals surface area (Å²) in [6.07, 6.45) is 7.88. The van der Waals surface area contributed by atoms with Gasteiger partial charge in [0.05, 0.1) is 10.9 Å². The topological polar surface area (TPSA) is 61.0 Å². The van der Waals surface area contributed by atoms with E-state index >= 15 is 0 Å². The first kappa shape index (κ1) is 13.2. The fourth-order valence-corrected chi connectivity index (χ4v) is 3.02. The SMILES string of the molecule is CCC1CCCC(Oc2ncnc3ccc(N)cc23)C1. The van der Waals surface area contributed by atoms with Gasteiger partial charge >= 0.3 is 0 Å². The minimum absolute atomic E-state index is 0.272. The van der Waals surface area contributed by atoms with Crippen LogP contribution in [0.2, 0.25) is 0 Å². The third kappa shape index (κ3) is 2.69. The number of fused-ring (bicyclic) bond motifs is 1. The van der Waals surface area contributed by atoms with Crippen molar-refractivity contribution in [1.29, 1.82) is 0 Å². The first-order valence-electron chi connectivity index (χ1n) is 7.43. The largest absolute Gasteiger partial charge is 0.474 e. The number of nitrogens with two attached hydrogens (primary N) is 1. The van der Waals surface area contributed by atoms with Gasteiger partial charge in [-0.05, 0) is 43.4 Å². The Hall–Kier alpha value is -1.84. The predicted molar refractivity (Wildman–Crippen MR) is 80.6 cm³/mol. The lowest BCUT2D eigenvalue weighted by atomic mass is 9.85. The smallest absolute Gasteiger partial charge is 0.224 e.